The topological polar surface area (TPSA) is 99.6 Å². The molecule has 3 aromatic carbocycles. The molecule has 0 spiro atoms. The van der Waals surface area contributed by atoms with E-state index in [4.69, 9.17) is 40.5 Å². The van der Waals surface area contributed by atoms with Crippen LogP contribution in [0.15, 0.2) is 60.9 Å². The molecule has 9 heteroatoms. The molecule has 4 aromatic rings. The minimum Gasteiger partial charge on any atom is -0.393 e. The number of rotatable bonds is 6. The normalized spacial score (nSPS) is 11.5. The van der Waals surface area contributed by atoms with Crippen molar-refractivity contribution >= 4 is 63.5 Å². The zero-order valence-electron chi connectivity index (χ0n) is 18.9. The zero-order chi connectivity index (χ0) is 25.1. The van der Waals surface area contributed by atoms with Crippen molar-refractivity contribution in [2.24, 2.45) is 0 Å². The Morgan fingerprint density at radius 2 is 1.54 bits per heavy atom. The lowest BCUT2D eigenvalue weighted by atomic mass is 9.91. The van der Waals surface area contributed by atoms with E-state index in [9.17, 15) is 5.26 Å². The molecule has 4 N–H and O–H groups in total. The summed E-state index contributed by atoms with van der Waals surface area (Å²) in [6.07, 6.45) is 1.42. The van der Waals surface area contributed by atoms with Gasteiger partial charge in [-0.3, -0.25) is 0 Å². The minimum atomic E-state index is -0.534. The van der Waals surface area contributed by atoms with Gasteiger partial charge in [-0.15, -0.1) is 0 Å². The van der Waals surface area contributed by atoms with Crippen LogP contribution in [0.1, 0.15) is 28.2 Å². The lowest BCUT2D eigenvalue weighted by molar-refractivity contribution is 1.03. The Balaban J connectivity index is 1.63. The zero-order valence-corrected chi connectivity index (χ0v) is 21.2. The Morgan fingerprint density at radius 1 is 0.886 bits per heavy atom. The Morgan fingerprint density at radius 3 is 2.20 bits per heavy atom. The summed E-state index contributed by atoms with van der Waals surface area (Å²) in [7, 11) is 0. The van der Waals surface area contributed by atoms with Gasteiger partial charge in [0.25, 0.3) is 0 Å². The van der Waals surface area contributed by atoms with Gasteiger partial charge in [-0.25, -0.2) is 9.97 Å². The summed E-state index contributed by atoms with van der Waals surface area (Å²) in [6, 6.07) is 18.7. The molecule has 0 saturated carbocycles. The monoisotopic (exact) mass is 522 g/mol. The van der Waals surface area contributed by atoms with Crippen molar-refractivity contribution in [2.75, 3.05) is 16.4 Å². The fraction of sp³-hybridized carbons (Fsp3) is 0.115. The molecule has 1 aromatic heterocycles. The maximum atomic E-state index is 9.84. The molecular weight excluding hydrogens is 503 g/mol. The SMILES string of the molecule is Cc1cc(C(C#N)c2ccc(Cl)cc2)c(Cl)cc1Nc1ncnc(Nc2cccc(Cl)c2C)c1N. The van der Waals surface area contributed by atoms with Crippen molar-refractivity contribution < 1.29 is 0 Å². The molecule has 0 aliphatic heterocycles. The van der Waals surface area contributed by atoms with Crippen molar-refractivity contribution in [1.29, 1.82) is 5.26 Å². The number of anilines is 5. The van der Waals surface area contributed by atoms with E-state index in [0.29, 0.717) is 43.6 Å². The van der Waals surface area contributed by atoms with Crippen LogP contribution in [0.2, 0.25) is 15.1 Å². The third-order valence-electron chi connectivity index (χ3n) is 5.64. The first-order chi connectivity index (χ1) is 16.8. The second-order valence-electron chi connectivity index (χ2n) is 7.95. The van der Waals surface area contributed by atoms with E-state index in [0.717, 1.165) is 22.4 Å². The molecule has 0 fully saturated rings. The second kappa shape index (κ2) is 10.4. The lowest BCUT2D eigenvalue weighted by Gasteiger charge is -2.18. The average molecular weight is 524 g/mol. The maximum absolute atomic E-state index is 9.84. The number of aryl methyl sites for hydroxylation is 1. The largest absolute Gasteiger partial charge is 0.393 e. The van der Waals surface area contributed by atoms with E-state index < -0.39 is 5.92 Å². The molecular formula is C26H21Cl3N6. The summed E-state index contributed by atoms with van der Waals surface area (Å²) in [5.41, 5.74) is 11.5. The highest BCUT2D eigenvalue weighted by Gasteiger charge is 2.19. The van der Waals surface area contributed by atoms with Crippen molar-refractivity contribution in [2.45, 2.75) is 19.8 Å². The highest BCUT2D eigenvalue weighted by molar-refractivity contribution is 6.32. The molecule has 6 nitrogen and oxygen atoms in total. The van der Waals surface area contributed by atoms with Gasteiger partial charge in [0.1, 0.15) is 12.0 Å². The smallest absolute Gasteiger partial charge is 0.159 e. The summed E-state index contributed by atoms with van der Waals surface area (Å²) in [4.78, 5) is 8.57. The van der Waals surface area contributed by atoms with Crippen LogP contribution >= 0.6 is 34.8 Å². The van der Waals surface area contributed by atoms with Crippen LogP contribution in [0.5, 0.6) is 0 Å². The van der Waals surface area contributed by atoms with Gasteiger partial charge in [0.05, 0.1) is 12.0 Å². The number of benzene rings is 3. The number of nitrogen functional groups attached to an aromatic ring is 1. The quantitative estimate of drug-likeness (QED) is 0.239. The van der Waals surface area contributed by atoms with Crippen LogP contribution in [0, 0.1) is 25.2 Å². The molecule has 0 aliphatic rings. The number of nitrogens with one attached hydrogen (secondary N) is 2. The third kappa shape index (κ3) is 5.28. The number of nitrogens with two attached hydrogens (primary N) is 1. The van der Waals surface area contributed by atoms with Crippen LogP contribution < -0.4 is 16.4 Å². The summed E-state index contributed by atoms with van der Waals surface area (Å²) in [6.45, 7) is 3.83. The van der Waals surface area contributed by atoms with Crippen LogP contribution in [-0.2, 0) is 0 Å². The van der Waals surface area contributed by atoms with Gasteiger partial charge in [0.2, 0.25) is 0 Å². The fourth-order valence-electron chi connectivity index (χ4n) is 3.63. The van der Waals surface area contributed by atoms with Crippen molar-refractivity contribution in [3.63, 3.8) is 0 Å². The van der Waals surface area contributed by atoms with Crippen LogP contribution in [0.25, 0.3) is 0 Å². The second-order valence-corrected chi connectivity index (χ2v) is 9.20. The summed E-state index contributed by atoms with van der Waals surface area (Å²) < 4.78 is 0. The number of nitriles is 1. The van der Waals surface area contributed by atoms with Gasteiger partial charge in [0, 0.05) is 26.4 Å². The van der Waals surface area contributed by atoms with Crippen molar-refractivity contribution in [3.05, 3.63) is 98.2 Å². The van der Waals surface area contributed by atoms with Crippen LogP contribution in [-0.4, -0.2) is 9.97 Å². The van der Waals surface area contributed by atoms with Crippen molar-refractivity contribution in [1.82, 2.24) is 9.97 Å². The first-order valence-electron chi connectivity index (χ1n) is 10.6. The van der Waals surface area contributed by atoms with Crippen LogP contribution in [0.3, 0.4) is 0 Å². The average Bonchev–Trinajstić information content (AvgIpc) is 2.84. The van der Waals surface area contributed by atoms with Gasteiger partial charge in [-0.05, 0) is 66.4 Å². The molecule has 0 bridgehead atoms. The van der Waals surface area contributed by atoms with Gasteiger partial charge in [-0.1, -0.05) is 59.1 Å². The molecule has 35 heavy (non-hydrogen) atoms. The summed E-state index contributed by atoms with van der Waals surface area (Å²) >= 11 is 18.8. The Labute approximate surface area is 218 Å². The van der Waals surface area contributed by atoms with E-state index in [1.54, 1.807) is 18.2 Å². The molecule has 1 atom stereocenters. The number of halogens is 3. The number of nitrogens with zero attached hydrogens (tertiary/aromatic N) is 3. The first-order valence-corrected chi connectivity index (χ1v) is 11.8. The molecule has 4 rings (SSSR count). The van der Waals surface area contributed by atoms with Gasteiger partial charge < -0.3 is 16.4 Å². The highest BCUT2D eigenvalue weighted by atomic mass is 35.5. The highest BCUT2D eigenvalue weighted by Crippen LogP contribution is 2.37. The fourth-order valence-corrected chi connectivity index (χ4v) is 4.20. The number of hydrogen-bond donors (Lipinski definition) is 3. The molecule has 0 radical (unpaired) electrons. The van der Waals surface area contributed by atoms with E-state index in [1.807, 2.05) is 50.2 Å². The lowest BCUT2D eigenvalue weighted by Crippen LogP contribution is -2.07. The summed E-state index contributed by atoms with van der Waals surface area (Å²) in [5.74, 6) is 0.331. The number of hydrogen-bond acceptors (Lipinski definition) is 6. The molecule has 1 heterocycles. The van der Waals surface area contributed by atoms with E-state index >= 15 is 0 Å². The third-order valence-corrected chi connectivity index (χ3v) is 6.63. The molecule has 176 valence electrons. The first kappa shape index (κ1) is 24.6. The molecule has 0 aliphatic carbocycles. The molecule has 1 unspecified atom stereocenters. The van der Waals surface area contributed by atoms with E-state index in [1.165, 1.54) is 6.33 Å². The maximum Gasteiger partial charge on any atom is 0.159 e. The van der Waals surface area contributed by atoms with E-state index in [-0.39, 0.29) is 0 Å². The Bertz CT molecular complexity index is 1430. The Hall–Kier alpha value is -3.50. The number of aromatic nitrogens is 2. The van der Waals surface area contributed by atoms with Crippen molar-refractivity contribution in [3.8, 4) is 6.07 Å². The Kier molecular flexibility index (Phi) is 7.32. The van der Waals surface area contributed by atoms with Gasteiger partial charge in [-0.2, -0.15) is 5.26 Å². The molecule has 0 saturated heterocycles. The standard InChI is InChI=1S/C26H21Cl3N6/c1-14-10-18(19(12-30)16-6-8-17(27)9-7-16)21(29)11-23(14)35-26-24(31)25(32-13-33-26)34-22-5-3-4-20(28)15(22)2/h3-11,13,19H,31H2,1-2H3,(H2,32,33,34,35). The van der Waals surface area contributed by atoms with Gasteiger partial charge >= 0.3 is 0 Å². The predicted molar refractivity (Wildman–Crippen MR) is 144 cm³/mol. The van der Waals surface area contributed by atoms with E-state index in [2.05, 4.69) is 26.7 Å². The van der Waals surface area contributed by atoms with Gasteiger partial charge in [0.15, 0.2) is 11.6 Å². The summed E-state index contributed by atoms with van der Waals surface area (Å²) in [5, 5.41) is 18.0. The molecule has 0 amide bonds. The predicted octanol–water partition coefficient (Wildman–Crippen LogP) is 7.78. The van der Waals surface area contributed by atoms with Crippen LogP contribution in [0.4, 0.5) is 28.7 Å². The minimum absolute atomic E-state index is 0.336.